The molecule has 0 spiro atoms. The Balaban J connectivity index is 1.73. The molecule has 0 saturated carbocycles. The van der Waals surface area contributed by atoms with Crippen molar-refractivity contribution < 1.29 is 19.3 Å². The highest BCUT2D eigenvalue weighted by molar-refractivity contribution is 5.79. The molecule has 0 radical (unpaired) electrons. The van der Waals surface area contributed by atoms with E-state index in [2.05, 4.69) is 15.4 Å². The fourth-order valence-corrected chi connectivity index (χ4v) is 3.12. The fraction of sp³-hybridized carbons (Fsp3) is 0.143. The van der Waals surface area contributed by atoms with Gasteiger partial charge in [-0.3, -0.25) is 0 Å². The molecule has 2 aromatic heterocycles. The highest BCUT2D eigenvalue weighted by Gasteiger charge is 2.14. The van der Waals surface area contributed by atoms with Crippen LogP contribution in [0.4, 0.5) is 11.5 Å². The van der Waals surface area contributed by atoms with Crippen molar-refractivity contribution in [2.75, 3.05) is 26.6 Å². The van der Waals surface area contributed by atoms with Crippen molar-refractivity contribution in [3.05, 3.63) is 54.9 Å². The lowest BCUT2D eigenvalue weighted by atomic mass is 10.1. The maximum Gasteiger partial charge on any atom is 0.203 e. The van der Waals surface area contributed by atoms with Gasteiger partial charge in [-0.1, -0.05) is 12.1 Å². The Kier molecular flexibility index (Phi) is 4.82. The summed E-state index contributed by atoms with van der Waals surface area (Å²) in [7, 11) is 4.70. The van der Waals surface area contributed by atoms with E-state index in [1.807, 2.05) is 18.3 Å². The van der Waals surface area contributed by atoms with Crippen LogP contribution in [0.25, 0.3) is 16.8 Å². The number of rotatable bonds is 6. The molecule has 0 aliphatic heterocycles. The standard InChI is InChI=1S/C21H20N4O4/c1-27-17-10-14(11-18(28-2)20(17)29-3)23-19-7-8-25-21(24-19)16(12-22-25)13-5-4-6-15(26)9-13/h4-12,26H,1-3H3,(H,23,24). The summed E-state index contributed by atoms with van der Waals surface area (Å²) in [5, 5.41) is 17.4. The summed E-state index contributed by atoms with van der Waals surface area (Å²) >= 11 is 0. The van der Waals surface area contributed by atoms with Crippen molar-refractivity contribution in [2.45, 2.75) is 0 Å². The second-order valence-corrected chi connectivity index (χ2v) is 6.23. The normalized spacial score (nSPS) is 10.7. The summed E-state index contributed by atoms with van der Waals surface area (Å²) in [6, 6.07) is 12.4. The second-order valence-electron chi connectivity index (χ2n) is 6.23. The van der Waals surface area contributed by atoms with Crippen LogP contribution in [-0.2, 0) is 0 Å². The van der Waals surface area contributed by atoms with Crippen molar-refractivity contribution >= 4 is 17.2 Å². The molecule has 2 N–H and O–H groups in total. The van der Waals surface area contributed by atoms with Crippen molar-refractivity contribution in [3.63, 3.8) is 0 Å². The number of phenols is 1. The smallest absolute Gasteiger partial charge is 0.203 e. The molecule has 0 saturated heterocycles. The quantitative estimate of drug-likeness (QED) is 0.515. The van der Waals surface area contributed by atoms with E-state index in [4.69, 9.17) is 14.2 Å². The Morgan fingerprint density at radius 2 is 1.72 bits per heavy atom. The lowest BCUT2D eigenvalue weighted by Crippen LogP contribution is -2.00. The lowest BCUT2D eigenvalue weighted by Gasteiger charge is -2.15. The zero-order valence-electron chi connectivity index (χ0n) is 16.2. The number of aromatic hydroxyl groups is 1. The van der Waals surface area contributed by atoms with E-state index in [-0.39, 0.29) is 5.75 Å². The first-order valence-corrected chi connectivity index (χ1v) is 8.83. The average molecular weight is 392 g/mol. The summed E-state index contributed by atoms with van der Waals surface area (Å²) in [6.45, 7) is 0. The average Bonchev–Trinajstić information content (AvgIpc) is 3.16. The molecular weight excluding hydrogens is 372 g/mol. The molecule has 0 aliphatic rings. The number of aromatic nitrogens is 3. The van der Waals surface area contributed by atoms with Crippen LogP contribution >= 0.6 is 0 Å². The van der Waals surface area contributed by atoms with Gasteiger partial charge in [0.2, 0.25) is 5.75 Å². The molecule has 29 heavy (non-hydrogen) atoms. The molecule has 4 aromatic rings. The number of methoxy groups -OCH3 is 3. The van der Waals surface area contributed by atoms with Gasteiger partial charge < -0.3 is 24.6 Å². The van der Waals surface area contributed by atoms with Gasteiger partial charge in [0, 0.05) is 29.6 Å². The van der Waals surface area contributed by atoms with E-state index in [9.17, 15) is 5.11 Å². The van der Waals surface area contributed by atoms with Crippen LogP contribution in [0.3, 0.4) is 0 Å². The maximum atomic E-state index is 9.78. The van der Waals surface area contributed by atoms with Crippen LogP contribution in [0.2, 0.25) is 0 Å². The van der Waals surface area contributed by atoms with Crippen LogP contribution < -0.4 is 19.5 Å². The number of phenolic OH excluding ortho intramolecular Hbond substituents is 1. The van der Waals surface area contributed by atoms with Gasteiger partial charge >= 0.3 is 0 Å². The van der Waals surface area contributed by atoms with Gasteiger partial charge in [0.25, 0.3) is 0 Å². The van der Waals surface area contributed by atoms with E-state index in [1.165, 1.54) is 0 Å². The van der Waals surface area contributed by atoms with Gasteiger partial charge in [0.1, 0.15) is 11.6 Å². The number of nitrogens with one attached hydrogen (secondary N) is 1. The summed E-state index contributed by atoms with van der Waals surface area (Å²) in [5.74, 6) is 2.41. The van der Waals surface area contributed by atoms with Gasteiger partial charge in [-0.15, -0.1) is 0 Å². The predicted molar refractivity (Wildman–Crippen MR) is 109 cm³/mol. The van der Waals surface area contributed by atoms with Crippen molar-refractivity contribution in [3.8, 4) is 34.1 Å². The molecule has 0 unspecified atom stereocenters. The zero-order chi connectivity index (χ0) is 20.4. The predicted octanol–water partition coefficient (Wildman–Crippen LogP) is 3.87. The highest BCUT2D eigenvalue weighted by atomic mass is 16.5. The maximum absolute atomic E-state index is 9.78. The Morgan fingerprint density at radius 1 is 0.966 bits per heavy atom. The minimum atomic E-state index is 0.188. The van der Waals surface area contributed by atoms with Gasteiger partial charge in [-0.2, -0.15) is 5.10 Å². The Labute approximate surface area is 167 Å². The number of benzene rings is 2. The van der Waals surface area contributed by atoms with Gasteiger partial charge in [0.15, 0.2) is 17.1 Å². The molecule has 0 fully saturated rings. The molecule has 0 aliphatic carbocycles. The first-order valence-electron chi connectivity index (χ1n) is 8.83. The largest absolute Gasteiger partial charge is 0.508 e. The molecule has 4 rings (SSSR count). The van der Waals surface area contributed by atoms with E-state index in [0.29, 0.717) is 28.7 Å². The second kappa shape index (κ2) is 7.59. The monoisotopic (exact) mass is 392 g/mol. The summed E-state index contributed by atoms with van der Waals surface area (Å²) in [6.07, 6.45) is 3.54. The van der Waals surface area contributed by atoms with Crippen molar-refractivity contribution in [2.24, 2.45) is 0 Å². The van der Waals surface area contributed by atoms with Crippen molar-refractivity contribution in [1.82, 2.24) is 14.6 Å². The van der Waals surface area contributed by atoms with E-state index < -0.39 is 0 Å². The molecule has 2 heterocycles. The fourth-order valence-electron chi connectivity index (χ4n) is 3.12. The Morgan fingerprint density at radius 3 is 2.38 bits per heavy atom. The third kappa shape index (κ3) is 3.47. The minimum Gasteiger partial charge on any atom is -0.508 e. The van der Waals surface area contributed by atoms with Gasteiger partial charge in [-0.05, 0) is 23.8 Å². The third-order valence-electron chi connectivity index (χ3n) is 4.46. The molecular formula is C21H20N4O4. The Bertz CT molecular complexity index is 1150. The van der Waals surface area contributed by atoms with Crippen LogP contribution in [0.15, 0.2) is 54.9 Å². The van der Waals surface area contributed by atoms with Crippen LogP contribution in [0, 0.1) is 0 Å². The first-order chi connectivity index (χ1) is 14.1. The number of nitrogens with zero attached hydrogens (tertiary/aromatic N) is 3. The third-order valence-corrected chi connectivity index (χ3v) is 4.46. The molecule has 2 aromatic carbocycles. The van der Waals surface area contributed by atoms with Crippen LogP contribution in [-0.4, -0.2) is 41.0 Å². The van der Waals surface area contributed by atoms with E-state index in [1.54, 1.807) is 62.4 Å². The van der Waals surface area contributed by atoms with Crippen LogP contribution in [0.5, 0.6) is 23.0 Å². The zero-order valence-corrected chi connectivity index (χ0v) is 16.2. The van der Waals surface area contributed by atoms with Gasteiger partial charge in [-0.25, -0.2) is 9.50 Å². The van der Waals surface area contributed by atoms with Crippen molar-refractivity contribution in [1.29, 1.82) is 0 Å². The van der Waals surface area contributed by atoms with Crippen LogP contribution in [0.1, 0.15) is 0 Å². The summed E-state index contributed by atoms with van der Waals surface area (Å²) in [4.78, 5) is 4.68. The Hall–Kier alpha value is -3.94. The number of fused-ring (bicyclic) bond motifs is 1. The van der Waals surface area contributed by atoms with E-state index >= 15 is 0 Å². The number of ether oxygens (including phenoxy) is 3. The lowest BCUT2D eigenvalue weighted by molar-refractivity contribution is 0.324. The molecule has 8 nitrogen and oxygen atoms in total. The highest BCUT2D eigenvalue weighted by Crippen LogP contribution is 2.40. The molecule has 0 atom stereocenters. The van der Waals surface area contributed by atoms with E-state index in [0.717, 1.165) is 16.8 Å². The molecule has 8 heteroatoms. The summed E-state index contributed by atoms with van der Waals surface area (Å²) in [5.41, 5.74) is 3.04. The molecule has 148 valence electrons. The topological polar surface area (TPSA) is 90.1 Å². The minimum absolute atomic E-state index is 0.188. The SMILES string of the molecule is COc1cc(Nc2ccn3ncc(-c4cccc(O)c4)c3n2)cc(OC)c1OC. The van der Waals surface area contributed by atoms with Gasteiger partial charge in [0.05, 0.1) is 27.5 Å². The number of hydrogen-bond donors (Lipinski definition) is 2. The number of anilines is 2. The number of hydrogen-bond acceptors (Lipinski definition) is 7. The molecule has 0 amide bonds. The molecule has 0 bridgehead atoms. The summed E-state index contributed by atoms with van der Waals surface area (Å²) < 4.78 is 17.8. The first kappa shape index (κ1) is 18.4.